The lowest BCUT2D eigenvalue weighted by atomic mass is 9.98. The summed E-state index contributed by atoms with van der Waals surface area (Å²) >= 11 is 12.1. The molecule has 1 unspecified atom stereocenters. The van der Waals surface area contributed by atoms with Crippen LogP contribution in [0.25, 0.3) is 0 Å². The fraction of sp³-hybridized carbons (Fsp3) is 0.462. The fourth-order valence-electron chi connectivity index (χ4n) is 2.27. The Labute approximate surface area is 106 Å². The molecule has 0 amide bonds. The molecule has 0 N–H and O–H groups in total. The van der Waals surface area contributed by atoms with E-state index in [1.165, 1.54) is 0 Å². The Hall–Kier alpha value is -0.530. The first-order valence-electron chi connectivity index (χ1n) is 5.66. The van der Waals surface area contributed by atoms with Crippen LogP contribution in [0.3, 0.4) is 0 Å². The Morgan fingerprint density at radius 3 is 2.81 bits per heavy atom. The molecule has 1 atom stereocenters. The number of rotatable bonds is 3. The van der Waals surface area contributed by atoms with Gasteiger partial charge in [0, 0.05) is 11.5 Å². The number of Topliss-reactive ketones (excluding diaryl/α,β-unsaturated/α-hetero) is 1. The summed E-state index contributed by atoms with van der Waals surface area (Å²) in [6.07, 6.45) is 3.93. The molecule has 1 aliphatic rings. The van der Waals surface area contributed by atoms with Gasteiger partial charge in [-0.3, -0.25) is 4.79 Å². The van der Waals surface area contributed by atoms with Crippen LogP contribution >= 0.6 is 23.2 Å². The van der Waals surface area contributed by atoms with Crippen molar-refractivity contribution in [2.24, 2.45) is 5.92 Å². The summed E-state index contributed by atoms with van der Waals surface area (Å²) in [6.45, 7) is 2.14. The molecule has 1 aromatic carbocycles. The summed E-state index contributed by atoms with van der Waals surface area (Å²) in [7, 11) is 0. The van der Waals surface area contributed by atoms with E-state index in [1.807, 2.05) is 0 Å². The van der Waals surface area contributed by atoms with Crippen LogP contribution in [-0.2, 0) is 6.42 Å². The minimum Gasteiger partial charge on any atom is -0.294 e. The molecule has 0 radical (unpaired) electrons. The molecule has 16 heavy (non-hydrogen) atoms. The van der Waals surface area contributed by atoms with Crippen molar-refractivity contribution in [3.8, 4) is 0 Å². The minimum atomic E-state index is 0.117. The van der Waals surface area contributed by atoms with E-state index in [1.54, 1.807) is 12.1 Å². The van der Waals surface area contributed by atoms with Crippen molar-refractivity contribution >= 4 is 29.0 Å². The molecule has 86 valence electrons. The van der Waals surface area contributed by atoms with E-state index in [9.17, 15) is 4.79 Å². The van der Waals surface area contributed by atoms with Crippen molar-refractivity contribution in [2.45, 2.75) is 32.6 Å². The number of halogens is 2. The number of fused-ring (bicyclic) bond motifs is 1. The summed E-state index contributed by atoms with van der Waals surface area (Å²) in [5, 5.41) is 1.11. The third-order valence-corrected chi connectivity index (χ3v) is 4.03. The average Bonchev–Trinajstić information content (AvgIpc) is 2.59. The van der Waals surface area contributed by atoms with Crippen LogP contribution in [0.5, 0.6) is 0 Å². The minimum absolute atomic E-state index is 0.117. The molecule has 0 saturated carbocycles. The number of unbranched alkanes of at least 4 members (excludes halogenated alkanes) is 1. The van der Waals surface area contributed by atoms with E-state index < -0.39 is 0 Å². The molecular weight excluding hydrogens is 243 g/mol. The number of hydrogen-bond acceptors (Lipinski definition) is 1. The van der Waals surface area contributed by atoms with Gasteiger partial charge in [-0.1, -0.05) is 43.0 Å². The Balaban J connectivity index is 2.27. The molecule has 2 rings (SSSR count). The largest absolute Gasteiger partial charge is 0.294 e. The molecule has 1 nitrogen and oxygen atoms in total. The third kappa shape index (κ3) is 1.99. The number of benzene rings is 1. The number of hydrogen-bond donors (Lipinski definition) is 0. The molecule has 1 aromatic rings. The van der Waals surface area contributed by atoms with Gasteiger partial charge in [-0.15, -0.1) is 0 Å². The van der Waals surface area contributed by atoms with Gasteiger partial charge in [0.25, 0.3) is 0 Å². The number of ketones is 1. The van der Waals surface area contributed by atoms with Crippen molar-refractivity contribution in [1.82, 2.24) is 0 Å². The second kappa shape index (κ2) is 4.77. The summed E-state index contributed by atoms with van der Waals surface area (Å²) in [4.78, 5) is 12.1. The maximum Gasteiger partial charge on any atom is 0.166 e. The molecule has 0 saturated heterocycles. The van der Waals surface area contributed by atoms with Crippen LogP contribution in [0.1, 0.15) is 42.1 Å². The standard InChI is InChI=1S/C13H14Cl2O/c1-2-3-4-8-7-10-9(13(8)16)5-6-11(14)12(10)15/h5-6,8H,2-4,7H2,1H3. The first kappa shape index (κ1) is 11.9. The summed E-state index contributed by atoms with van der Waals surface area (Å²) in [6, 6.07) is 3.51. The zero-order chi connectivity index (χ0) is 11.7. The number of carbonyl (C=O) groups excluding carboxylic acids is 1. The molecule has 3 heteroatoms. The summed E-state index contributed by atoms with van der Waals surface area (Å²) in [5.41, 5.74) is 1.72. The van der Waals surface area contributed by atoms with Gasteiger partial charge in [-0.05, 0) is 30.5 Å². The van der Waals surface area contributed by atoms with Crippen LogP contribution in [0, 0.1) is 5.92 Å². The van der Waals surface area contributed by atoms with Crippen LogP contribution in [0.4, 0.5) is 0 Å². The monoisotopic (exact) mass is 256 g/mol. The van der Waals surface area contributed by atoms with Crippen molar-refractivity contribution in [1.29, 1.82) is 0 Å². The predicted octanol–water partition coefficient (Wildman–Crippen LogP) is 4.54. The highest BCUT2D eigenvalue weighted by atomic mass is 35.5. The Bertz CT molecular complexity index is 426. The normalized spacial score (nSPS) is 18.9. The van der Waals surface area contributed by atoms with Crippen LogP contribution in [0.15, 0.2) is 12.1 Å². The lowest BCUT2D eigenvalue weighted by molar-refractivity contribution is 0.0929. The molecule has 0 aliphatic heterocycles. The van der Waals surface area contributed by atoms with Crippen molar-refractivity contribution in [3.63, 3.8) is 0 Å². The van der Waals surface area contributed by atoms with Crippen LogP contribution in [0.2, 0.25) is 10.0 Å². The predicted molar refractivity (Wildman–Crippen MR) is 67.5 cm³/mol. The second-order valence-corrected chi connectivity index (χ2v) is 5.08. The van der Waals surface area contributed by atoms with Gasteiger partial charge in [-0.2, -0.15) is 0 Å². The van der Waals surface area contributed by atoms with E-state index >= 15 is 0 Å². The highest BCUT2D eigenvalue weighted by Gasteiger charge is 2.31. The Morgan fingerprint density at radius 2 is 2.12 bits per heavy atom. The van der Waals surface area contributed by atoms with Gasteiger partial charge in [0.1, 0.15) is 0 Å². The molecule has 0 heterocycles. The van der Waals surface area contributed by atoms with Gasteiger partial charge in [0.15, 0.2) is 5.78 Å². The van der Waals surface area contributed by atoms with Gasteiger partial charge in [0.05, 0.1) is 10.0 Å². The van der Waals surface area contributed by atoms with Crippen LogP contribution < -0.4 is 0 Å². The lowest BCUT2D eigenvalue weighted by Gasteiger charge is -2.05. The second-order valence-electron chi connectivity index (χ2n) is 4.30. The highest BCUT2D eigenvalue weighted by Crippen LogP contribution is 2.37. The highest BCUT2D eigenvalue weighted by molar-refractivity contribution is 6.43. The van der Waals surface area contributed by atoms with Crippen molar-refractivity contribution in [2.75, 3.05) is 0 Å². The quantitative estimate of drug-likeness (QED) is 0.776. The summed E-state index contributed by atoms with van der Waals surface area (Å²) in [5.74, 6) is 0.355. The zero-order valence-corrected chi connectivity index (χ0v) is 10.7. The van der Waals surface area contributed by atoms with E-state index in [0.29, 0.717) is 10.0 Å². The van der Waals surface area contributed by atoms with Gasteiger partial charge < -0.3 is 0 Å². The van der Waals surface area contributed by atoms with Crippen molar-refractivity contribution < 1.29 is 4.79 Å². The van der Waals surface area contributed by atoms with E-state index in [2.05, 4.69) is 6.92 Å². The molecule has 1 aliphatic carbocycles. The first-order chi connectivity index (χ1) is 7.65. The van der Waals surface area contributed by atoms with Gasteiger partial charge in [0.2, 0.25) is 0 Å². The molecule has 0 bridgehead atoms. The topological polar surface area (TPSA) is 17.1 Å². The maximum atomic E-state index is 12.1. The summed E-state index contributed by atoms with van der Waals surface area (Å²) < 4.78 is 0. The average molecular weight is 257 g/mol. The SMILES string of the molecule is CCCCC1Cc2c(ccc(Cl)c2Cl)C1=O. The van der Waals surface area contributed by atoms with E-state index in [4.69, 9.17) is 23.2 Å². The molecule has 0 fully saturated rings. The number of carbonyl (C=O) groups is 1. The molecular formula is C13H14Cl2O. The zero-order valence-electron chi connectivity index (χ0n) is 9.22. The maximum absolute atomic E-state index is 12.1. The van der Waals surface area contributed by atoms with Crippen LogP contribution in [-0.4, -0.2) is 5.78 Å². The third-order valence-electron chi connectivity index (χ3n) is 3.19. The first-order valence-corrected chi connectivity index (χ1v) is 6.41. The van der Waals surface area contributed by atoms with Crippen molar-refractivity contribution in [3.05, 3.63) is 33.3 Å². The van der Waals surface area contributed by atoms with E-state index in [0.717, 1.165) is 36.8 Å². The molecule has 0 aromatic heterocycles. The van der Waals surface area contributed by atoms with E-state index in [-0.39, 0.29) is 11.7 Å². The van der Waals surface area contributed by atoms with Gasteiger partial charge >= 0.3 is 0 Å². The fourth-order valence-corrected chi connectivity index (χ4v) is 2.68. The lowest BCUT2D eigenvalue weighted by Crippen LogP contribution is -2.08. The smallest absolute Gasteiger partial charge is 0.166 e. The molecule has 0 spiro atoms. The Kier molecular flexibility index (Phi) is 3.56. The Morgan fingerprint density at radius 1 is 1.38 bits per heavy atom. The van der Waals surface area contributed by atoms with Gasteiger partial charge in [-0.25, -0.2) is 0 Å².